The van der Waals surface area contributed by atoms with Gasteiger partial charge in [-0.1, -0.05) is 46.9 Å². The molecule has 172 valence electrons. The van der Waals surface area contributed by atoms with Gasteiger partial charge in [0.25, 0.3) is 5.91 Å². The zero-order chi connectivity index (χ0) is 22.0. The SMILES string of the molecule is Cl.O=C(NNC(=O)C1C2CCN(CC2)C1SCc1ccc(Cl)cc1)c1ccc(Cl)cc1Cl. The summed E-state index contributed by atoms with van der Waals surface area (Å²) in [5.41, 5.74) is 6.56. The van der Waals surface area contributed by atoms with Gasteiger partial charge in [-0.2, -0.15) is 0 Å². The molecule has 0 radical (unpaired) electrons. The summed E-state index contributed by atoms with van der Waals surface area (Å²) in [5, 5.41) is 1.46. The molecular formula is C22H23Cl4N3O2S. The Balaban J connectivity index is 0.00000289. The van der Waals surface area contributed by atoms with Crippen molar-refractivity contribution in [1.29, 1.82) is 0 Å². The summed E-state index contributed by atoms with van der Waals surface area (Å²) in [7, 11) is 0. The molecule has 2 bridgehead atoms. The zero-order valence-electron chi connectivity index (χ0n) is 17.0. The average molecular weight is 535 g/mol. The lowest BCUT2D eigenvalue weighted by atomic mass is 9.78. The molecule has 10 heteroatoms. The van der Waals surface area contributed by atoms with E-state index in [4.69, 9.17) is 34.8 Å². The van der Waals surface area contributed by atoms with Gasteiger partial charge in [-0.15, -0.1) is 24.2 Å². The topological polar surface area (TPSA) is 61.4 Å². The number of hydrogen-bond donors (Lipinski definition) is 2. The van der Waals surface area contributed by atoms with Gasteiger partial charge in [-0.3, -0.25) is 25.3 Å². The van der Waals surface area contributed by atoms with Crippen molar-refractivity contribution in [2.45, 2.75) is 24.0 Å². The number of nitrogens with one attached hydrogen (secondary N) is 2. The van der Waals surface area contributed by atoms with Crippen LogP contribution in [0.3, 0.4) is 0 Å². The minimum absolute atomic E-state index is 0. The Morgan fingerprint density at radius 1 is 0.969 bits per heavy atom. The number of rotatable bonds is 5. The molecule has 2 unspecified atom stereocenters. The summed E-state index contributed by atoms with van der Waals surface area (Å²) in [4.78, 5) is 27.9. The van der Waals surface area contributed by atoms with Crippen LogP contribution in [0, 0.1) is 11.8 Å². The summed E-state index contributed by atoms with van der Waals surface area (Å²) < 4.78 is 0. The second kappa shape index (κ2) is 11.3. The number of hydrazine groups is 1. The van der Waals surface area contributed by atoms with E-state index in [1.54, 1.807) is 17.8 Å². The third-order valence-corrected chi connectivity index (χ3v) is 8.09. The van der Waals surface area contributed by atoms with E-state index < -0.39 is 5.91 Å². The summed E-state index contributed by atoms with van der Waals surface area (Å²) in [6, 6.07) is 12.4. The van der Waals surface area contributed by atoms with Crippen molar-refractivity contribution in [1.82, 2.24) is 15.8 Å². The van der Waals surface area contributed by atoms with E-state index in [-0.39, 0.29) is 40.2 Å². The number of benzene rings is 2. The van der Waals surface area contributed by atoms with Gasteiger partial charge in [0.15, 0.2) is 0 Å². The highest BCUT2D eigenvalue weighted by molar-refractivity contribution is 7.99. The minimum atomic E-state index is -0.471. The molecule has 0 aromatic heterocycles. The Kier molecular flexibility index (Phi) is 9.01. The van der Waals surface area contributed by atoms with Crippen LogP contribution >= 0.6 is 59.0 Å². The molecule has 3 saturated heterocycles. The molecule has 5 nitrogen and oxygen atoms in total. The second-order valence-electron chi connectivity index (χ2n) is 7.79. The van der Waals surface area contributed by atoms with Gasteiger partial charge in [0, 0.05) is 15.8 Å². The molecule has 3 aliphatic heterocycles. The number of fused-ring (bicyclic) bond motifs is 3. The molecular weight excluding hydrogens is 512 g/mol. The van der Waals surface area contributed by atoms with Crippen LogP contribution in [0.4, 0.5) is 0 Å². The number of amides is 2. The number of halogens is 4. The number of carbonyl (C=O) groups excluding carboxylic acids is 2. The molecule has 3 aliphatic rings. The molecule has 2 N–H and O–H groups in total. The van der Waals surface area contributed by atoms with Crippen molar-refractivity contribution < 1.29 is 9.59 Å². The Labute approximate surface area is 212 Å². The van der Waals surface area contributed by atoms with Crippen LogP contribution in [-0.2, 0) is 10.5 Å². The number of carbonyl (C=O) groups is 2. The van der Waals surface area contributed by atoms with Crippen LogP contribution in [0.2, 0.25) is 15.1 Å². The first-order valence-corrected chi connectivity index (χ1v) is 12.3. The molecule has 0 aliphatic carbocycles. The van der Waals surface area contributed by atoms with Crippen LogP contribution in [0.5, 0.6) is 0 Å². The lowest BCUT2D eigenvalue weighted by Crippen LogP contribution is -2.59. The molecule has 5 rings (SSSR count). The van der Waals surface area contributed by atoms with Gasteiger partial charge in [0.1, 0.15) is 0 Å². The number of piperidine rings is 3. The highest BCUT2D eigenvalue weighted by atomic mass is 35.5. The molecule has 2 amide bonds. The second-order valence-corrected chi connectivity index (χ2v) is 10.2. The van der Waals surface area contributed by atoms with Gasteiger partial charge in [0.05, 0.1) is 21.9 Å². The van der Waals surface area contributed by atoms with Crippen LogP contribution in [0.25, 0.3) is 0 Å². The molecule has 0 spiro atoms. The summed E-state index contributed by atoms with van der Waals surface area (Å²) in [5.74, 6) is 0.273. The van der Waals surface area contributed by atoms with Crippen LogP contribution in [0.1, 0.15) is 28.8 Å². The van der Waals surface area contributed by atoms with Gasteiger partial charge in [-0.25, -0.2) is 0 Å². The van der Waals surface area contributed by atoms with Gasteiger partial charge in [0.2, 0.25) is 5.91 Å². The van der Waals surface area contributed by atoms with E-state index in [1.165, 1.54) is 17.7 Å². The van der Waals surface area contributed by atoms with Crippen LogP contribution < -0.4 is 10.9 Å². The number of nitrogens with zero attached hydrogens (tertiary/aromatic N) is 1. The quantitative estimate of drug-likeness (QED) is 0.502. The fraction of sp³-hybridized carbons (Fsp3) is 0.364. The smallest absolute Gasteiger partial charge is 0.271 e. The van der Waals surface area contributed by atoms with Crippen molar-refractivity contribution in [2.75, 3.05) is 13.1 Å². The summed E-state index contributed by atoms with van der Waals surface area (Å²) in [6.07, 6.45) is 1.99. The van der Waals surface area contributed by atoms with Crippen molar-refractivity contribution in [3.8, 4) is 0 Å². The lowest BCUT2D eigenvalue weighted by molar-refractivity contribution is -0.133. The third kappa shape index (κ3) is 5.85. The highest BCUT2D eigenvalue weighted by Gasteiger charge is 2.46. The van der Waals surface area contributed by atoms with E-state index >= 15 is 0 Å². The Morgan fingerprint density at radius 3 is 2.28 bits per heavy atom. The van der Waals surface area contributed by atoms with Crippen molar-refractivity contribution in [3.05, 3.63) is 68.7 Å². The fourth-order valence-corrected chi connectivity index (χ4v) is 6.40. The molecule has 2 atom stereocenters. The third-order valence-electron chi connectivity index (χ3n) is 5.86. The predicted molar refractivity (Wildman–Crippen MR) is 134 cm³/mol. The summed E-state index contributed by atoms with van der Waals surface area (Å²) in [6.45, 7) is 2.00. The Morgan fingerprint density at radius 2 is 1.62 bits per heavy atom. The molecule has 3 fully saturated rings. The zero-order valence-corrected chi connectivity index (χ0v) is 20.9. The minimum Gasteiger partial charge on any atom is -0.291 e. The first-order valence-electron chi connectivity index (χ1n) is 10.1. The first-order chi connectivity index (χ1) is 14.9. The first kappa shape index (κ1) is 25.5. The molecule has 3 heterocycles. The van der Waals surface area contributed by atoms with E-state index in [1.807, 2.05) is 24.3 Å². The van der Waals surface area contributed by atoms with E-state index in [0.717, 1.165) is 31.7 Å². The Bertz CT molecular complexity index is 968. The monoisotopic (exact) mass is 533 g/mol. The highest BCUT2D eigenvalue weighted by Crippen LogP contribution is 2.42. The standard InChI is InChI=1S/C22H22Cl3N3O2S.ClH/c23-15-3-1-13(2-4-15)12-31-22-19(14-7-9-28(22)10-8-14)21(30)27-26-20(29)17-6-5-16(24)11-18(17)25;/h1-6,11,14,19,22H,7-10,12H2,(H,26,29)(H,27,30);1H. The van der Waals surface area contributed by atoms with Gasteiger partial charge in [-0.05, 0) is 67.7 Å². The van der Waals surface area contributed by atoms with Crippen molar-refractivity contribution in [2.24, 2.45) is 11.8 Å². The van der Waals surface area contributed by atoms with Crippen molar-refractivity contribution >= 4 is 70.8 Å². The maximum atomic E-state index is 13.1. The molecule has 32 heavy (non-hydrogen) atoms. The van der Waals surface area contributed by atoms with Gasteiger partial charge >= 0.3 is 0 Å². The largest absolute Gasteiger partial charge is 0.291 e. The van der Waals surface area contributed by atoms with Gasteiger partial charge < -0.3 is 0 Å². The van der Waals surface area contributed by atoms with E-state index in [0.29, 0.717) is 16.0 Å². The van der Waals surface area contributed by atoms with Crippen LogP contribution in [-0.4, -0.2) is 35.2 Å². The van der Waals surface area contributed by atoms with E-state index in [9.17, 15) is 9.59 Å². The van der Waals surface area contributed by atoms with Crippen molar-refractivity contribution in [3.63, 3.8) is 0 Å². The molecule has 2 aromatic rings. The maximum absolute atomic E-state index is 13.1. The van der Waals surface area contributed by atoms with E-state index in [2.05, 4.69) is 15.8 Å². The number of thioether (sulfide) groups is 1. The molecule has 2 aromatic carbocycles. The normalized spacial score (nSPS) is 23.8. The summed E-state index contributed by atoms with van der Waals surface area (Å²) >= 11 is 19.7. The lowest BCUT2D eigenvalue weighted by Gasteiger charge is -2.49. The fourth-order valence-electron chi connectivity index (χ4n) is 4.25. The van der Waals surface area contributed by atoms with Crippen LogP contribution in [0.15, 0.2) is 42.5 Å². The number of hydrogen-bond acceptors (Lipinski definition) is 4. The Hall–Kier alpha value is -1.15. The average Bonchev–Trinajstić information content (AvgIpc) is 2.77. The maximum Gasteiger partial charge on any atom is 0.271 e. The predicted octanol–water partition coefficient (Wildman–Crippen LogP) is 5.43. The molecule has 0 saturated carbocycles.